The molecule has 0 amide bonds. The molecule has 0 radical (unpaired) electrons. The van der Waals surface area contributed by atoms with E-state index in [4.69, 9.17) is 4.74 Å². The van der Waals surface area contributed by atoms with E-state index in [2.05, 4.69) is 20.7 Å². The second kappa shape index (κ2) is 9.48. The van der Waals surface area contributed by atoms with Crippen LogP contribution < -0.4 is 15.4 Å². The average molecular weight is 397 g/mol. The summed E-state index contributed by atoms with van der Waals surface area (Å²) in [6, 6.07) is 6.43. The predicted octanol–water partition coefficient (Wildman–Crippen LogP) is 3.23. The highest BCUT2D eigenvalue weighted by molar-refractivity contribution is 5.79. The number of aryl methyl sites for hydroxylation is 2. The maximum Gasteiger partial charge on any atom is 0.422 e. The number of benzene rings is 1. The fourth-order valence-corrected chi connectivity index (χ4v) is 2.61. The Labute approximate surface area is 162 Å². The molecule has 1 heterocycles. The Morgan fingerprint density at radius 2 is 1.86 bits per heavy atom. The van der Waals surface area contributed by atoms with Gasteiger partial charge in [-0.3, -0.25) is 4.68 Å². The molecule has 154 valence electrons. The van der Waals surface area contributed by atoms with Crippen LogP contribution in [0.15, 0.2) is 29.3 Å². The second-order valence-corrected chi connectivity index (χ2v) is 6.37. The van der Waals surface area contributed by atoms with Gasteiger partial charge in [-0.2, -0.15) is 18.3 Å². The largest absolute Gasteiger partial charge is 0.484 e. The van der Waals surface area contributed by atoms with Crippen LogP contribution in [0.25, 0.3) is 0 Å². The van der Waals surface area contributed by atoms with Gasteiger partial charge in [0.2, 0.25) is 0 Å². The number of ether oxygens (including phenoxy) is 1. The Morgan fingerprint density at radius 1 is 1.18 bits per heavy atom. The molecule has 1 aromatic carbocycles. The minimum absolute atomic E-state index is 0.178. The molecule has 0 atom stereocenters. The number of rotatable bonds is 7. The van der Waals surface area contributed by atoms with E-state index >= 15 is 0 Å². The molecular weight excluding hydrogens is 371 g/mol. The van der Waals surface area contributed by atoms with Gasteiger partial charge in [0.25, 0.3) is 0 Å². The zero-order valence-corrected chi connectivity index (χ0v) is 16.5. The van der Waals surface area contributed by atoms with Crippen molar-refractivity contribution in [2.24, 2.45) is 12.0 Å². The van der Waals surface area contributed by atoms with Gasteiger partial charge < -0.3 is 15.4 Å². The molecule has 0 aliphatic rings. The number of nitrogens with zero attached hydrogens (tertiary/aromatic N) is 3. The van der Waals surface area contributed by atoms with E-state index < -0.39 is 12.8 Å². The molecule has 0 bridgehead atoms. The first-order valence-corrected chi connectivity index (χ1v) is 8.99. The summed E-state index contributed by atoms with van der Waals surface area (Å²) in [6.07, 6.45) is -4.35. The van der Waals surface area contributed by atoms with Gasteiger partial charge in [-0.15, -0.1) is 0 Å². The smallest absolute Gasteiger partial charge is 0.422 e. The number of aromatic nitrogens is 2. The van der Waals surface area contributed by atoms with E-state index in [9.17, 15) is 13.2 Å². The molecule has 2 aromatic rings. The fourth-order valence-electron chi connectivity index (χ4n) is 2.61. The van der Waals surface area contributed by atoms with E-state index in [1.807, 2.05) is 32.5 Å². The summed E-state index contributed by atoms with van der Waals surface area (Å²) >= 11 is 0. The van der Waals surface area contributed by atoms with Crippen molar-refractivity contribution in [3.8, 4) is 5.75 Å². The highest BCUT2D eigenvalue weighted by Crippen LogP contribution is 2.19. The normalized spacial score (nSPS) is 12.2. The summed E-state index contributed by atoms with van der Waals surface area (Å²) in [5.74, 6) is 0.833. The van der Waals surface area contributed by atoms with Crippen LogP contribution in [-0.4, -0.2) is 35.1 Å². The minimum Gasteiger partial charge on any atom is -0.484 e. The lowest BCUT2D eigenvalue weighted by Crippen LogP contribution is -2.37. The molecule has 9 heteroatoms. The predicted molar refractivity (Wildman–Crippen MR) is 102 cm³/mol. The van der Waals surface area contributed by atoms with Gasteiger partial charge in [0.05, 0.1) is 12.2 Å². The number of hydrogen-bond donors (Lipinski definition) is 2. The van der Waals surface area contributed by atoms with Gasteiger partial charge in [0.15, 0.2) is 12.6 Å². The third-order valence-electron chi connectivity index (χ3n) is 4.18. The standard InChI is InChI=1S/C19H26F3N5O/c1-5-23-18(25-11-17-13(2)26-27(4)14(17)3)24-10-15-6-8-16(9-7-15)28-12-19(20,21)22/h6-9H,5,10-12H2,1-4H3,(H2,23,24,25). The summed E-state index contributed by atoms with van der Waals surface area (Å²) in [5, 5.41) is 10.9. The first-order chi connectivity index (χ1) is 13.2. The van der Waals surface area contributed by atoms with Gasteiger partial charge >= 0.3 is 6.18 Å². The van der Waals surface area contributed by atoms with Crippen molar-refractivity contribution < 1.29 is 17.9 Å². The molecule has 6 nitrogen and oxygen atoms in total. The van der Waals surface area contributed by atoms with Crippen molar-refractivity contribution in [3.63, 3.8) is 0 Å². The molecule has 0 unspecified atom stereocenters. The van der Waals surface area contributed by atoms with Gasteiger partial charge in [-0.25, -0.2) is 4.99 Å². The SMILES string of the molecule is CCNC(=NCc1ccc(OCC(F)(F)F)cc1)NCc1c(C)nn(C)c1C. The first kappa shape index (κ1) is 21.6. The van der Waals surface area contributed by atoms with Gasteiger partial charge in [0.1, 0.15) is 5.75 Å². The van der Waals surface area contributed by atoms with Crippen LogP contribution in [0.5, 0.6) is 5.75 Å². The maximum absolute atomic E-state index is 12.2. The zero-order chi connectivity index (χ0) is 20.7. The molecule has 0 saturated carbocycles. The Balaban J connectivity index is 1.96. The molecule has 0 fully saturated rings. The number of aliphatic imine (C=N–C) groups is 1. The van der Waals surface area contributed by atoms with E-state index in [0.29, 0.717) is 25.6 Å². The number of halogens is 3. The lowest BCUT2D eigenvalue weighted by molar-refractivity contribution is -0.153. The van der Waals surface area contributed by atoms with Gasteiger partial charge in [0, 0.05) is 31.4 Å². The van der Waals surface area contributed by atoms with Crippen LogP contribution in [0.2, 0.25) is 0 Å². The number of alkyl halides is 3. The Kier molecular flexibility index (Phi) is 7.31. The van der Waals surface area contributed by atoms with E-state index in [0.717, 1.165) is 22.5 Å². The molecule has 1 aromatic heterocycles. The monoisotopic (exact) mass is 397 g/mol. The highest BCUT2D eigenvalue weighted by Gasteiger charge is 2.28. The van der Waals surface area contributed by atoms with Crippen LogP contribution in [0.1, 0.15) is 29.4 Å². The van der Waals surface area contributed by atoms with E-state index in [1.54, 1.807) is 12.1 Å². The van der Waals surface area contributed by atoms with Crippen LogP contribution in [-0.2, 0) is 20.1 Å². The molecule has 28 heavy (non-hydrogen) atoms. The summed E-state index contributed by atoms with van der Waals surface area (Å²) in [5.41, 5.74) is 4.05. The molecular formula is C19H26F3N5O. The van der Waals surface area contributed by atoms with Crippen molar-refractivity contribution in [1.82, 2.24) is 20.4 Å². The van der Waals surface area contributed by atoms with Crippen LogP contribution in [0, 0.1) is 13.8 Å². The van der Waals surface area contributed by atoms with Crippen LogP contribution in [0.3, 0.4) is 0 Å². The van der Waals surface area contributed by atoms with Gasteiger partial charge in [-0.1, -0.05) is 12.1 Å². The quantitative estimate of drug-likeness (QED) is 0.556. The number of guanidine groups is 1. The summed E-state index contributed by atoms with van der Waals surface area (Å²) < 4.78 is 43.1. The zero-order valence-electron chi connectivity index (χ0n) is 16.5. The second-order valence-electron chi connectivity index (χ2n) is 6.37. The van der Waals surface area contributed by atoms with Crippen LogP contribution in [0.4, 0.5) is 13.2 Å². The molecule has 2 rings (SSSR count). The third kappa shape index (κ3) is 6.47. The summed E-state index contributed by atoms with van der Waals surface area (Å²) in [7, 11) is 1.91. The van der Waals surface area contributed by atoms with Crippen molar-refractivity contribution in [2.45, 2.75) is 40.0 Å². The Hall–Kier alpha value is -2.71. The molecule has 0 saturated heterocycles. The first-order valence-electron chi connectivity index (χ1n) is 8.99. The highest BCUT2D eigenvalue weighted by atomic mass is 19.4. The molecule has 2 N–H and O–H groups in total. The minimum atomic E-state index is -4.35. The third-order valence-corrected chi connectivity index (χ3v) is 4.18. The number of hydrogen-bond acceptors (Lipinski definition) is 3. The molecule has 0 aliphatic carbocycles. The van der Waals surface area contributed by atoms with Crippen LogP contribution >= 0.6 is 0 Å². The molecule has 0 spiro atoms. The van der Waals surface area contributed by atoms with Crippen molar-refractivity contribution in [1.29, 1.82) is 0 Å². The fraction of sp³-hybridized carbons (Fsp3) is 0.474. The Morgan fingerprint density at radius 3 is 2.39 bits per heavy atom. The number of nitrogens with one attached hydrogen (secondary N) is 2. The Bertz CT molecular complexity index is 797. The maximum atomic E-state index is 12.2. The van der Waals surface area contributed by atoms with E-state index in [1.165, 1.54) is 12.1 Å². The van der Waals surface area contributed by atoms with E-state index in [-0.39, 0.29) is 5.75 Å². The lowest BCUT2D eigenvalue weighted by Gasteiger charge is -2.12. The molecule has 0 aliphatic heterocycles. The van der Waals surface area contributed by atoms with Crippen molar-refractivity contribution in [2.75, 3.05) is 13.2 Å². The van der Waals surface area contributed by atoms with Crippen molar-refractivity contribution in [3.05, 3.63) is 46.8 Å². The average Bonchev–Trinajstić information content (AvgIpc) is 2.88. The summed E-state index contributed by atoms with van der Waals surface area (Å²) in [6.45, 7) is 6.36. The lowest BCUT2D eigenvalue weighted by atomic mass is 10.2. The van der Waals surface area contributed by atoms with Crippen molar-refractivity contribution >= 4 is 5.96 Å². The summed E-state index contributed by atoms with van der Waals surface area (Å²) in [4.78, 5) is 4.53. The topological polar surface area (TPSA) is 63.5 Å². The van der Waals surface area contributed by atoms with Gasteiger partial charge in [-0.05, 0) is 38.5 Å².